The van der Waals surface area contributed by atoms with Crippen molar-refractivity contribution in [2.75, 3.05) is 4.90 Å². The van der Waals surface area contributed by atoms with E-state index in [1.165, 1.54) is 88.5 Å². The van der Waals surface area contributed by atoms with Crippen molar-refractivity contribution in [3.8, 4) is 39.1 Å². The smallest absolute Gasteiger partial charge is 0.134 e. The topological polar surface area (TPSA) is 21.3 Å². The van der Waals surface area contributed by atoms with Crippen LogP contribution in [0.2, 0.25) is 0 Å². The number of furan rings is 1. The molecule has 0 saturated carbocycles. The Hall–Kier alpha value is -7.62. The van der Waals surface area contributed by atoms with Crippen LogP contribution in [0.1, 0.15) is 50.5 Å². The van der Waals surface area contributed by atoms with E-state index in [1.807, 2.05) is 0 Å². The van der Waals surface area contributed by atoms with Gasteiger partial charge in [-0.1, -0.05) is 165 Å². The van der Waals surface area contributed by atoms with Gasteiger partial charge in [0, 0.05) is 50.1 Å². The number of nitrogens with zero attached hydrogens (tertiary/aromatic N) is 2. The van der Waals surface area contributed by atoms with Gasteiger partial charge < -0.3 is 13.9 Å². The number of para-hydroxylation sites is 2. The number of rotatable bonds is 5. The molecular weight excluding hydrogens is 789 g/mol. The number of allylic oxidation sites excluding steroid dienone is 3. The maximum atomic E-state index is 7.21. The zero-order valence-corrected chi connectivity index (χ0v) is 37.1. The highest BCUT2D eigenvalue weighted by Gasteiger charge is 2.59. The third-order valence-corrected chi connectivity index (χ3v) is 15.2. The van der Waals surface area contributed by atoms with Crippen molar-refractivity contribution in [2.24, 2.45) is 5.92 Å². The summed E-state index contributed by atoms with van der Waals surface area (Å²) < 4.78 is 9.60. The lowest BCUT2D eigenvalue weighted by molar-refractivity contribution is 0.386. The van der Waals surface area contributed by atoms with Gasteiger partial charge in [0.2, 0.25) is 0 Å². The van der Waals surface area contributed by atoms with E-state index in [1.54, 1.807) is 0 Å². The zero-order chi connectivity index (χ0) is 43.6. The molecule has 4 unspecified atom stereocenters. The molecule has 65 heavy (non-hydrogen) atoms. The highest BCUT2D eigenvalue weighted by atomic mass is 16.3. The number of hydrogen-bond donors (Lipinski definition) is 0. The first-order valence-corrected chi connectivity index (χ1v) is 23.1. The maximum Gasteiger partial charge on any atom is 0.134 e. The summed E-state index contributed by atoms with van der Waals surface area (Å²) in [6.07, 6.45) is 4.96. The second-order valence-corrected chi connectivity index (χ2v) is 18.8. The summed E-state index contributed by atoms with van der Waals surface area (Å²) in [7, 11) is 0. The third kappa shape index (κ3) is 5.36. The molecular formula is C62H48N2O. The van der Waals surface area contributed by atoms with Crippen LogP contribution in [0.25, 0.3) is 71.8 Å². The van der Waals surface area contributed by atoms with Gasteiger partial charge in [0.05, 0.1) is 16.6 Å². The molecule has 1 aliphatic heterocycles. The fraction of sp³-hybridized carbons (Fsp3) is 0.129. The van der Waals surface area contributed by atoms with Gasteiger partial charge in [0.15, 0.2) is 0 Å². The average molecular weight is 837 g/mol. The van der Waals surface area contributed by atoms with Crippen molar-refractivity contribution in [1.29, 1.82) is 0 Å². The monoisotopic (exact) mass is 836 g/mol. The van der Waals surface area contributed by atoms with E-state index < -0.39 is 5.54 Å². The summed E-state index contributed by atoms with van der Waals surface area (Å²) >= 11 is 0. The Balaban J connectivity index is 1.06. The van der Waals surface area contributed by atoms with Crippen LogP contribution in [0.4, 0.5) is 11.4 Å². The molecule has 3 heteroatoms. The highest BCUT2D eigenvalue weighted by Crippen LogP contribution is 2.66. The van der Waals surface area contributed by atoms with E-state index in [2.05, 4.69) is 243 Å². The van der Waals surface area contributed by atoms with Gasteiger partial charge in [-0.2, -0.15) is 0 Å². The predicted octanol–water partition coefficient (Wildman–Crippen LogP) is 16.5. The maximum absolute atomic E-state index is 7.21. The van der Waals surface area contributed by atoms with Crippen molar-refractivity contribution in [2.45, 2.75) is 44.6 Å². The van der Waals surface area contributed by atoms with Crippen LogP contribution in [0.3, 0.4) is 0 Å². The second kappa shape index (κ2) is 13.9. The Bertz CT molecular complexity index is 3590. The lowest BCUT2D eigenvalue weighted by Crippen LogP contribution is -2.56. The van der Waals surface area contributed by atoms with Crippen molar-refractivity contribution in [3.05, 3.63) is 234 Å². The van der Waals surface area contributed by atoms with Gasteiger partial charge in [-0.25, -0.2) is 0 Å². The minimum Gasteiger partial charge on any atom is -0.460 e. The van der Waals surface area contributed by atoms with Gasteiger partial charge in [-0.15, -0.1) is 0 Å². The van der Waals surface area contributed by atoms with Gasteiger partial charge in [-0.05, 0) is 125 Å². The molecule has 0 spiro atoms. The average Bonchev–Trinajstić information content (AvgIpc) is 3.91. The second-order valence-electron chi connectivity index (χ2n) is 18.8. The zero-order valence-electron chi connectivity index (χ0n) is 37.1. The van der Waals surface area contributed by atoms with Gasteiger partial charge in [-0.3, -0.25) is 0 Å². The molecule has 0 radical (unpaired) electrons. The molecule has 10 aromatic rings. The standard InChI is InChI=1S/C62H48N2O/c1-39-34-35-61(3)52-31-26-46(42-18-10-6-11-19-42)38-55(52)64(48-29-24-43(25-30-48)41-16-8-5-9-17-41)62(4)58-51-37-45(28-33-56(51)65-59(58)40(2)57(39)60(61)62)44-27-32-54-50(36-44)49-22-14-15-23-53(49)63(54)47-20-12-7-13-21-47/h5-40H,1-4H3. The molecule has 312 valence electrons. The van der Waals surface area contributed by atoms with Gasteiger partial charge in [0.1, 0.15) is 11.3 Å². The molecule has 0 fully saturated rings. The summed E-state index contributed by atoms with van der Waals surface area (Å²) in [5, 5.41) is 3.66. The Morgan fingerprint density at radius 3 is 1.80 bits per heavy atom. The number of fused-ring (bicyclic) bond motifs is 9. The summed E-state index contributed by atoms with van der Waals surface area (Å²) in [4.78, 5) is 2.67. The lowest BCUT2D eigenvalue weighted by atomic mass is 9.53. The van der Waals surface area contributed by atoms with Crippen molar-refractivity contribution in [1.82, 2.24) is 4.57 Å². The number of benzene rings is 8. The van der Waals surface area contributed by atoms with E-state index in [9.17, 15) is 0 Å². The summed E-state index contributed by atoms with van der Waals surface area (Å²) in [5.74, 6) is 1.41. The van der Waals surface area contributed by atoms with Crippen LogP contribution >= 0.6 is 0 Å². The van der Waals surface area contributed by atoms with Crippen LogP contribution < -0.4 is 4.90 Å². The minimum atomic E-state index is -0.613. The van der Waals surface area contributed by atoms with E-state index in [0.29, 0.717) is 0 Å². The molecule has 13 rings (SSSR count). The molecule has 0 amide bonds. The van der Waals surface area contributed by atoms with E-state index in [0.717, 1.165) is 22.7 Å². The molecule has 3 aliphatic rings. The first-order valence-electron chi connectivity index (χ1n) is 23.1. The third-order valence-electron chi connectivity index (χ3n) is 15.2. The predicted molar refractivity (Wildman–Crippen MR) is 270 cm³/mol. The molecule has 8 aromatic carbocycles. The van der Waals surface area contributed by atoms with Crippen molar-refractivity contribution in [3.63, 3.8) is 0 Å². The van der Waals surface area contributed by atoms with Crippen LogP contribution in [-0.4, -0.2) is 4.57 Å². The van der Waals surface area contributed by atoms with Gasteiger partial charge >= 0.3 is 0 Å². The quantitative estimate of drug-likeness (QED) is 0.161. The summed E-state index contributed by atoms with van der Waals surface area (Å²) in [6, 6.07) is 71.4. The fourth-order valence-electron chi connectivity index (χ4n) is 12.3. The first kappa shape index (κ1) is 37.9. The Morgan fingerprint density at radius 1 is 0.492 bits per heavy atom. The molecule has 0 saturated heterocycles. The molecule has 3 heterocycles. The molecule has 4 atom stereocenters. The van der Waals surface area contributed by atoms with E-state index in [4.69, 9.17) is 4.42 Å². The van der Waals surface area contributed by atoms with Crippen LogP contribution in [0.5, 0.6) is 0 Å². The molecule has 2 aromatic heterocycles. The SMILES string of the molecule is CC1C=CC2(C)C3=C1C(C)c1oc4ccc(-c5ccc6c(c5)c5ccccc5n6-c5ccccc5)cc4c1C3(C)N(c1ccc(-c3ccccc3)cc1)c1cc(-c3ccccc3)ccc12. The lowest BCUT2D eigenvalue weighted by Gasteiger charge is -2.59. The van der Waals surface area contributed by atoms with Crippen LogP contribution in [0.15, 0.2) is 222 Å². The normalized spacial score (nSPS) is 20.9. The molecule has 0 bridgehead atoms. The summed E-state index contributed by atoms with van der Waals surface area (Å²) in [6.45, 7) is 9.71. The van der Waals surface area contributed by atoms with Gasteiger partial charge in [0.25, 0.3) is 0 Å². The molecule has 2 aliphatic carbocycles. The first-order chi connectivity index (χ1) is 31.8. The minimum absolute atomic E-state index is 0.0936. The highest BCUT2D eigenvalue weighted by molar-refractivity contribution is 6.10. The Labute approximate surface area is 380 Å². The van der Waals surface area contributed by atoms with Crippen molar-refractivity contribution >= 4 is 44.1 Å². The molecule has 3 nitrogen and oxygen atoms in total. The number of aromatic nitrogens is 1. The number of anilines is 2. The van der Waals surface area contributed by atoms with Crippen LogP contribution in [-0.2, 0) is 11.0 Å². The fourth-order valence-corrected chi connectivity index (χ4v) is 12.3. The van der Waals surface area contributed by atoms with Crippen LogP contribution in [0, 0.1) is 5.92 Å². The van der Waals surface area contributed by atoms with E-state index >= 15 is 0 Å². The Morgan fingerprint density at radius 2 is 1.06 bits per heavy atom. The summed E-state index contributed by atoms with van der Waals surface area (Å²) in [5.41, 5.74) is 18.6. The number of hydrogen-bond acceptors (Lipinski definition) is 2. The van der Waals surface area contributed by atoms with Crippen molar-refractivity contribution < 1.29 is 4.42 Å². The van der Waals surface area contributed by atoms with E-state index in [-0.39, 0.29) is 17.3 Å². The Kier molecular flexibility index (Phi) is 8.13. The molecule has 0 N–H and O–H groups in total. The largest absolute Gasteiger partial charge is 0.460 e.